The summed E-state index contributed by atoms with van der Waals surface area (Å²) in [6, 6.07) is 4.53. The van der Waals surface area contributed by atoms with Crippen LogP contribution in [-0.2, 0) is 4.84 Å². The fraction of sp³-hybridized carbons (Fsp3) is 0.636. The molecule has 1 N–H and O–H groups in total. The summed E-state index contributed by atoms with van der Waals surface area (Å²) in [5, 5.41) is 0. The molecule has 3 heteroatoms. The van der Waals surface area contributed by atoms with Crippen molar-refractivity contribution in [2.75, 3.05) is 0 Å². The van der Waals surface area contributed by atoms with Crippen molar-refractivity contribution in [2.45, 2.75) is 46.3 Å². The second-order valence-corrected chi connectivity index (χ2v) is 5.82. The SMILES string of the molecule is Cc1ccc(C(C)NOC(C)(C)C)s1. The van der Waals surface area contributed by atoms with E-state index in [1.54, 1.807) is 11.3 Å². The number of rotatable bonds is 3. The summed E-state index contributed by atoms with van der Waals surface area (Å²) < 4.78 is 0. The standard InChI is InChI=1S/C11H19NOS/c1-8-6-7-10(14-8)9(2)12-13-11(3,4)5/h6-7,9,12H,1-5H3. The van der Waals surface area contributed by atoms with Gasteiger partial charge < -0.3 is 0 Å². The molecule has 0 bridgehead atoms. The highest BCUT2D eigenvalue weighted by atomic mass is 32.1. The van der Waals surface area contributed by atoms with Crippen molar-refractivity contribution in [1.82, 2.24) is 5.48 Å². The molecule has 0 spiro atoms. The number of hydrogen-bond donors (Lipinski definition) is 1. The molecular formula is C11H19NOS. The summed E-state index contributed by atoms with van der Waals surface area (Å²) in [5.41, 5.74) is 2.92. The van der Waals surface area contributed by atoms with Crippen molar-refractivity contribution in [2.24, 2.45) is 0 Å². The van der Waals surface area contributed by atoms with E-state index < -0.39 is 0 Å². The van der Waals surface area contributed by atoms with Gasteiger partial charge in [-0.15, -0.1) is 11.3 Å². The van der Waals surface area contributed by atoms with Crippen LogP contribution in [0.2, 0.25) is 0 Å². The molecule has 1 unspecified atom stereocenters. The number of aryl methyl sites for hydroxylation is 1. The predicted octanol–water partition coefficient (Wildman–Crippen LogP) is 3.44. The first kappa shape index (κ1) is 11.7. The molecule has 0 aliphatic rings. The molecule has 0 saturated carbocycles. The Morgan fingerprint density at radius 3 is 2.43 bits per heavy atom. The van der Waals surface area contributed by atoms with Crippen LogP contribution in [0.1, 0.15) is 43.5 Å². The molecule has 1 aromatic heterocycles. The summed E-state index contributed by atoms with van der Waals surface area (Å²) in [6.45, 7) is 10.3. The first-order valence-corrected chi connectivity index (χ1v) is 5.70. The molecule has 2 nitrogen and oxygen atoms in total. The van der Waals surface area contributed by atoms with Crippen molar-refractivity contribution < 1.29 is 4.84 Å². The molecule has 0 aliphatic heterocycles. The average molecular weight is 213 g/mol. The van der Waals surface area contributed by atoms with Gasteiger partial charge in [0.15, 0.2) is 0 Å². The van der Waals surface area contributed by atoms with Gasteiger partial charge in [0, 0.05) is 9.75 Å². The third-order valence-electron chi connectivity index (χ3n) is 1.73. The second kappa shape index (κ2) is 4.43. The lowest BCUT2D eigenvalue weighted by molar-refractivity contribution is -0.0861. The third kappa shape index (κ3) is 3.78. The van der Waals surface area contributed by atoms with E-state index in [4.69, 9.17) is 4.84 Å². The summed E-state index contributed by atoms with van der Waals surface area (Å²) in [4.78, 5) is 8.16. The fourth-order valence-electron chi connectivity index (χ4n) is 1.01. The lowest BCUT2D eigenvalue weighted by Gasteiger charge is -2.22. The van der Waals surface area contributed by atoms with Crippen LogP contribution < -0.4 is 5.48 Å². The molecule has 0 fully saturated rings. The topological polar surface area (TPSA) is 21.3 Å². The van der Waals surface area contributed by atoms with E-state index in [9.17, 15) is 0 Å². The average Bonchev–Trinajstić information content (AvgIpc) is 2.46. The van der Waals surface area contributed by atoms with Crippen LogP contribution in [0.25, 0.3) is 0 Å². The molecule has 0 aliphatic carbocycles. The molecule has 0 amide bonds. The van der Waals surface area contributed by atoms with Crippen LogP contribution in [0.4, 0.5) is 0 Å². The van der Waals surface area contributed by atoms with E-state index in [2.05, 4.69) is 31.5 Å². The van der Waals surface area contributed by atoms with Gasteiger partial charge in [0.05, 0.1) is 11.6 Å². The number of hydroxylamine groups is 1. The van der Waals surface area contributed by atoms with Gasteiger partial charge in [-0.25, -0.2) is 0 Å². The Kier molecular flexibility index (Phi) is 3.70. The molecule has 1 heterocycles. The smallest absolute Gasteiger partial charge is 0.0813 e. The molecule has 14 heavy (non-hydrogen) atoms. The van der Waals surface area contributed by atoms with Crippen molar-refractivity contribution in [3.63, 3.8) is 0 Å². The molecule has 0 radical (unpaired) electrons. The summed E-state index contributed by atoms with van der Waals surface area (Å²) >= 11 is 1.80. The zero-order valence-corrected chi connectivity index (χ0v) is 10.4. The lowest BCUT2D eigenvalue weighted by atomic mass is 10.2. The van der Waals surface area contributed by atoms with Gasteiger partial charge in [-0.3, -0.25) is 4.84 Å². The highest BCUT2D eigenvalue weighted by Gasteiger charge is 2.14. The van der Waals surface area contributed by atoms with Crippen molar-refractivity contribution >= 4 is 11.3 Å². The zero-order valence-electron chi connectivity index (χ0n) is 9.55. The summed E-state index contributed by atoms with van der Waals surface area (Å²) in [6.07, 6.45) is 0. The van der Waals surface area contributed by atoms with E-state index in [-0.39, 0.29) is 11.6 Å². The normalized spacial score (nSPS) is 14.4. The van der Waals surface area contributed by atoms with Crippen molar-refractivity contribution in [3.05, 3.63) is 21.9 Å². The van der Waals surface area contributed by atoms with E-state index in [1.807, 2.05) is 20.8 Å². The first-order chi connectivity index (χ1) is 6.38. The maximum Gasteiger partial charge on any atom is 0.0813 e. The van der Waals surface area contributed by atoms with Crippen LogP contribution in [0.5, 0.6) is 0 Å². The van der Waals surface area contributed by atoms with E-state index >= 15 is 0 Å². The minimum absolute atomic E-state index is 0.138. The number of thiophene rings is 1. The minimum atomic E-state index is -0.138. The highest BCUT2D eigenvalue weighted by molar-refractivity contribution is 7.12. The van der Waals surface area contributed by atoms with Crippen LogP contribution in [0, 0.1) is 6.92 Å². The van der Waals surface area contributed by atoms with E-state index in [0.717, 1.165) is 0 Å². The van der Waals surface area contributed by atoms with Gasteiger partial charge in [-0.1, -0.05) is 0 Å². The zero-order chi connectivity index (χ0) is 10.8. The third-order valence-corrected chi connectivity index (χ3v) is 2.91. The lowest BCUT2D eigenvalue weighted by Crippen LogP contribution is -2.30. The van der Waals surface area contributed by atoms with Crippen LogP contribution in [-0.4, -0.2) is 5.60 Å². The molecule has 0 aromatic carbocycles. The Balaban J connectivity index is 2.47. The van der Waals surface area contributed by atoms with E-state index in [1.165, 1.54) is 9.75 Å². The highest BCUT2D eigenvalue weighted by Crippen LogP contribution is 2.22. The molecule has 1 atom stereocenters. The van der Waals surface area contributed by atoms with Crippen LogP contribution in [0.15, 0.2) is 12.1 Å². The van der Waals surface area contributed by atoms with Crippen molar-refractivity contribution in [3.8, 4) is 0 Å². The van der Waals surface area contributed by atoms with Crippen LogP contribution in [0.3, 0.4) is 0 Å². The predicted molar refractivity (Wildman–Crippen MR) is 61.4 cm³/mol. The Morgan fingerprint density at radius 1 is 1.36 bits per heavy atom. The Hall–Kier alpha value is -0.380. The summed E-state index contributed by atoms with van der Waals surface area (Å²) in [7, 11) is 0. The van der Waals surface area contributed by atoms with Gasteiger partial charge in [-0.05, 0) is 46.8 Å². The van der Waals surface area contributed by atoms with E-state index in [0.29, 0.717) is 0 Å². The molecular weight excluding hydrogens is 194 g/mol. The monoisotopic (exact) mass is 213 g/mol. The molecule has 1 aromatic rings. The minimum Gasteiger partial charge on any atom is -0.295 e. The number of hydrogen-bond acceptors (Lipinski definition) is 3. The fourth-order valence-corrected chi connectivity index (χ4v) is 1.88. The number of nitrogens with one attached hydrogen (secondary N) is 1. The Labute approximate surface area is 90.2 Å². The quantitative estimate of drug-likeness (QED) is 0.777. The van der Waals surface area contributed by atoms with Gasteiger partial charge in [0.25, 0.3) is 0 Å². The molecule has 0 saturated heterocycles. The second-order valence-electron chi connectivity index (χ2n) is 4.50. The van der Waals surface area contributed by atoms with Crippen molar-refractivity contribution in [1.29, 1.82) is 0 Å². The molecule has 1 rings (SSSR count). The largest absolute Gasteiger partial charge is 0.295 e. The van der Waals surface area contributed by atoms with Crippen LogP contribution >= 0.6 is 11.3 Å². The maximum atomic E-state index is 5.51. The van der Waals surface area contributed by atoms with Gasteiger partial charge in [-0.2, -0.15) is 5.48 Å². The Morgan fingerprint density at radius 2 is 2.00 bits per heavy atom. The Bertz CT molecular complexity index is 288. The maximum absolute atomic E-state index is 5.51. The molecule has 80 valence electrons. The van der Waals surface area contributed by atoms with Gasteiger partial charge in [0.2, 0.25) is 0 Å². The van der Waals surface area contributed by atoms with Gasteiger partial charge in [0.1, 0.15) is 0 Å². The summed E-state index contributed by atoms with van der Waals surface area (Å²) in [5.74, 6) is 0. The first-order valence-electron chi connectivity index (χ1n) is 4.88. The van der Waals surface area contributed by atoms with Gasteiger partial charge >= 0.3 is 0 Å².